The molecule has 0 aliphatic rings. The summed E-state index contributed by atoms with van der Waals surface area (Å²) in [7, 11) is 1.59. The van der Waals surface area contributed by atoms with Crippen LogP contribution in [0.1, 0.15) is 9.67 Å². The van der Waals surface area contributed by atoms with Crippen LogP contribution in [0.15, 0.2) is 52.3 Å². The minimum Gasteiger partial charge on any atom is -0.497 e. The first-order chi connectivity index (χ1) is 10.6. The summed E-state index contributed by atoms with van der Waals surface area (Å²) in [6.45, 7) is 0. The quantitative estimate of drug-likeness (QED) is 0.683. The molecule has 1 heterocycles. The molecule has 1 N–H and O–H groups in total. The van der Waals surface area contributed by atoms with Crippen molar-refractivity contribution in [3.05, 3.63) is 52.4 Å². The van der Waals surface area contributed by atoms with E-state index in [0.29, 0.717) is 20.5 Å². The van der Waals surface area contributed by atoms with Gasteiger partial charge in [-0.25, -0.2) is 4.79 Å². The van der Waals surface area contributed by atoms with Crippen LogP contribution in [-0.4, -0.2) is 18.2 Å². The molecular formula is C16H11ClO3S2. The fourth-order valence-electron chi connectivity index (χ4n) is 2.07. The molecule has 0 fully saturated rings. The highest BCUT2D eigenvalue weighted by Gasteiger charge is 2.19. The van der Waals surface area contributed by atoms with Gasteiger partial charge in [-0.1, -0.05) is 29.4 Å². The smallest absolute Gasteiger partial charge is 0.347 e. The molecule has 0 radical (unpaired) electrons. The predicted octanol–water partition coefficient (Wildman–Crippen LogP) is 5.41. The molecule has 0 aliphatic heterocycles. The van der Waals surface area contributed by atoms with Crippen LogP contribution in [0.3, 0.4) is 0 Å². The van der Waals surface area contributed by atoms with Crippen LogP contribution in [0.4, 0.5) is 0 Å². The van der Waals surface area contributed by atoms with Crippen LogP contribution in [0, 0.1) is 0 Å². The second-order valence-corrected chi connectivity index (χ2v) is 7.06. The minimum absolute atomic E-state index is 0.327. The third-order valence-electron chi connectivity index (χ3n) is 3.06. The highest BCUT2D eigenvalue weighted by atomic mass is 35.5. The summed E-state index contributed by atoms with van der Waals surface area (Å²) in [5, 5.41) is 11.0. The maximum absolute atomic E-state index is 11.5. The molecule has 0 spiro atoms. The van der Waals surface area contributed by atoms with E-state index >= 15 is 0 Å². The van der Waals surface area contributed by atoms with E-state index in [1.54, 1.807) is 13.2 Å². The molecule has 0 aliphatic carbocycles. The van der Waals surface area contributed by atoms with Crippen molar-refractivity contribution in [3.63, 3.8) is 0 Å². The summed E-state index contributed by atoms with van der Waals surface area (Å²) in [6, 6.07) is 12.9. The van der Waals surface area contributed by atoms with Crippen LogP contribution < -0.4 is 4.74 Å². The molecule has 0 atom stereocenters. The van der Waals surface area contributed by atoms with Crippen molar-refractivity contribution < 1.29 is 14.6 Å². The van der Waals surface area contributed by atoms with Gasteiger partial charge in [0.2, 0.25) is 0 Å². The largest absolute Gasteiger partial charge is 0.497 e. The number of hydrogen-bond acceptors (Lipinski definition) is 4. The third-order valence-corrected chi connectivity index (χ3v) is 5.70. The summed E-state index contributed by atoms with van der Waals surface area (Å²) >= 11 is 8.67. The first kappa shape index (κ1) is 15.2. The van der Waals surface area contributed by atoms with Crippen molar-refractivity contribution in [1.82, 2.24) is 0 Å². The van der Waals surface area contributed by atoms with Gasteiger partial charge in [-0.3, -0.25) is 0 Å². The van der Waals surface area contributed by atoms with Gasteiger partial charge >= 0.3 is 5.97 Å². The zero-order valence-corrected chi connectivity index (χ0v) is 13.9. The van der Waals surface area contributed by atoms with Gasteiger partial charge in [0.1, 0.15) is 10.6 Å². The lowest BCUT2D eigenvalue weighted by molar-refractivity contribution is 0.0699. The van der Waals surface area contributed by atoms with Crippen molar-refractivity contribution >= 4 is 50.8 Å². The summed E-state index contributed by atoms with van der Waals surface area (Å²) in [5.41, 5.74) is 0. The topological polar surface area (TPSA) is 46.5 Å². The molecule has 0 saturated heterocycles. The van der Waals surface area contributed by atoms with E-state index in [4.69, 9.17) is 16.3 Å². The van der Waals surface area contributed by atoms with E-state index in [-0.39, 0.29) is 0 Å². The summed E-state index contributed by atoms with van der Waals surface area (Å²) in [6.07, 6.45) is 0. The zero-order chi connectivity index (χ0) is 15.7. The number of carboxylic acid groups (broad SMARTS) is 1. The number of carbonyl (C=O) groups is 1. The van der Waals surface area contributed by atoms with Gasteiger partial charge in [0.25, 0.3) is 0 Å². The third kappa shape index (κ3) is 2.92. The van der Waals surface area contributed by atoms with Crippen LogP contribution in [-0.2, 0) is 0 Å². The Hall–Kier alpha value is -1.69. The molecular weight excluding hydrogens is 340 g/mol. The van der Waals surface area contributed by atoms with Crippen LogP contribution >= 0.6 is 34.7 Å². The normalized spacial score (nSPS) is 10.8. The molecule has 2 aromatic carbocycles. The standard InChI is InChI=1S/C16H11ClO3S2/c1-20-10-5-6-13-12(8-10)14(15(22-13)16(18)19)21-11-4-2-3-9(17)7-11/h2-8H,1H3,(H,18,19). The monoisotopic (exact) mass is 350 g/mol. The second-order valence-electron chi connectivity index (χ2n) is 4.49. The number of ether oxygens (including phenoxy) is 1. The minimum atomic E-state index is -0.926. The van der Waals surface area contributed by atoms with Crippen LogP contribution in [0.25, 0.3) is 10.1 Å². The number of thiophene rings is 1. The van der Waals surface area contributed by atoms with Crippen molar-refractivity contribution in [2.45, 2.75) is 9.79 Å². The van der Waals surface area contributed by atoms with Gasteiger partial charge in [-0.2, -0.15) is 0 Å². The van der Waals surface area contributed by atoms with E-state index in [0.717, 1.165) is 15.0 Å². The SMILES string of the molecule is COc1ccc2sc(C(=O)O)c(Sc3cccc(Cl)c3)c2c1. The molecule has 0 bridgehead atoms. The number of methoxy groups -OCH3 is 1. The van der Waals surface area contributed by atoms with Crippen LogP contribution in [0.2, 0.25) is 5.02 Å². The molecule has 0 amide bonds. The summed E-state index contributed by atoms with van der Waals surface area (Å²) < 4.78 is 6.16. The van der Waals surface area contributed by atoms with E-state index in [1.807, 2.05) is 36.4 Å². The molecule has 6 heteroatoms. The Morgan fingerprint density at radius 3 is 2.77 bits per heavy atom. The average molecular weight is 351 g/mol. The molecule has 0 saturated carbocycles. The number of benzene rings is 2. The zero-order valence-electron chi connectivity index (χ0n) is 11.5. The highest BCUT2D eigenvalue weighted by molar-refractivity contribution is 7.99. The molecule has 22 heavy (non-hydrogen) atoms. The number of fused-ring (bicyclic) bond motifs is 1. The van der Waals surface area contributed by atoms with Crippen molar-refractivity contribution in [1.29, 1.82) is 0 Å². The van der Waals surface area contributed by atoms with E-state index in [9.17, 15) is 9.90 Å². The van der Waals surface area contributed by atoms with Gasteiger partial charge in [0.15, 0.2) is 0 Å². The molecule has 3 aromatic rings. The molecule has 1 aromatic heterocycles. The number of halogens is 1. The van der Waals surface area contributed by atoms with E-state index < -0.39 is 5.97 Å². The van der Waals surface area contributed by atoms with Gasteiger partial charge in [-0.15, -0.1) is 11.3 Å². The first-order valence-corrected chi connectivity index (χ1v) is 8.37. The lowest BCUT2D eigenvalue weighted by Gasteiger charge is -2.04. The maximum Gasteiger partial charge on any atom is 0.347 e. The van der Waals surface area contributed by atoms with Crippen molar-refractivity contribution in [3.8, 4) is 5.75 Å². The Labute approximate surface area is 140 Å². The Kier molecular flexibility index (Phi) is 4.29. The van der Waals surface area contributed by atoms with Gasteiger partial charge in [0.05, 0.1) is 7.11 Å². The predicted molar refractivity (Wildman–Crippen MR) is 90.9 cm³/mol. The first-order valence-electron chi connectivity index (χ1n) is 6.35. The lowest BCUT2D eigenvalue weighted by Crippen LogP contribution is -1.93. The van der Waals surface area contributed by atoms with Crippen LogP contribution in [0.5, 0.6) is 5.75 Å². The second kappa shape index (κ2) is 6.20. The Morgan fingerprint density at radius 2 is 2.09 bits per heavy atom. The number of aromatic carboxylic acids is 1. The van der Waals surface area contributed by atoms with Crippen molar-refractivity contribution in [2.24, 2.45) is 0 Å². The number of hydrogen-bond donors (Lipinski definition) is 1. The Bertz CT molecular complexity index is 858. The van der Waals surface area contributed by atoms with E-state index in [1.165, 1.54) is 23.1 Å². The summed E-state index contributed by atoms with van der Waals surface area (Å²) in [5.74, 6) is -0.222. The van der Waals surface area contributed by atoms with E-state index in [2.05, 4.69) is 0 Å². The molecule has 3 nitrogen and oxygen atoms in total. The number of carboxylic acids is 1. The molecule has 112 valence electrons. The fourth-order valence-corrected chi connectivity index (χ4v) is 4.59. The van der Waals surface area contributed by atoms with Gasteiger partial charge < -0.3 is 9.84 Å². The average Bonchev–Trinajstić information content (AvgIpc) is 2.85. The Balaban J connectivity index is 2.16. The molecule has 3 rings (SSSR count). The van der Waals surface area contributed by atoms with Gasteiger partial charge in [0, 0.05) is 24.9 Å². The number of rotatable bonds is 4. The maximum atomic E-state index is 11.5. The van der Waals surface area contributed by atoms with Gasteiger partial charge in [-0.05, 0) is 36.4 Å². The Morgan fingerprint density at radius 1 is 1.27 bits per heavy atom. The summed E-state index contributed by atoms with van der Waals surface area (Å²) in [4.78, 5) is 13.5. The fraction of sp³-hybridized carbons (Fsp3) is 0.0625. The highest BCUT2D eigenvalue weighted by Crippen LogP contribution is 2.43. The van der Waals surface area contributed by atoms with Crippen molar-refractivity contribution in [2.75, 3.05) is 7.11 Å². The molecule has 0 unspecified atom stereocenters. The lowest BCUT2D eigenvalue weighted by atomic mass is 10.2.